The molecule has 0 N–H and O–H groups in total. The molecule has 2 heterocycles. The SMILES string of the molecule is CCCCCCCCCCCCCCCCC[C@@H]1OC[C@@H](COCCCCC[n+]2ccsc2)O1. The van der Waals surface area contributed by atoms with Crippen LogP contribution in [-0.4, -0.2) is 32.2 Å². The zero-order valence-corrected chi connectivity index (χ0v) is 23.0. The standard InChI is InChI=1S/C29H54NO3S/c1-2-3-4-5-6-7-8-9-10-11-12-13-14-15-17-20-29-32-26-28(33-29)25-31-23-19-16-18-21-30-22-24-34-27-30/h22,24,27-29H,2-21,23,25-26H2,1H3/q+1/t28-,29-/m1/s1. The summed E-state index contributed by atoms with van der Waals surface area (Å²) in [6, 6.07) is 0. The number of aryl methyl sites for hydroxylation is 1. The average Bonchev–Trinajstić information content (AvgIpc) is 3.53. The number of rotatable bonds is 24. The van der Waals surface area contributed by atoms with Gasteiger partial charge in [0.05, 0.1) is 18.6 Å². The molecular weight excluding hydrogens is 442 g/mol. The fourth-order valence-corrected chi connectivity index (χ4v) is 5.34. The van der Waals surface area contributed by atoms with Crippen LogP contribution in [0.4, 0.5) is 0 Å². The third-order valence-electron chi connectivity index (χ3n) is 6.89. The van der Waals surface area contributed by atoms with Crippen LogP contribution in [0.15, 0.2) is 17.1 Å². The monoisotopic (exact) mass is 496 g/mol. The van der Waals surface area contributed by atoms with Gasteiger partial charge in [0.25, 0.3) is 0 Å². The predicted molar refractivity (Wildman–Crippen MR) is 143 cm³/mol. The molecule has 0 spiro atoms. The molecule has 198 valence electrons. The Morgan fingerprint density at radius 1 is 0.794 bits per heavy atom. The van der Waals surface area contributed by atoms with Gasteiger partial charge in [0.15, 0.2) is 12.5 Å². The summed E-state index contributed by atoms with van der Waals surface area (Å²) in [5, 5.41) is 2.13. The molecule has 1 fully saturated rings. The van der Waals surface area contributed by atoms with Crippen molar-refractivity contribution in [3.63, 3.8) is 0 Å². The maximum Gasteiger partial charge on any atom is 0.224 e. The molecule has 1 aliphatic heterocycles. The smallest absolute Gasteiger partial charge is 0.224 e. The van der Waals surface area contributed by atoms with Gasteiger partial charge >= 0.3 is 0 Å². The Bertz CT molecular complexity index is 539. The van der Waals surface area contributed by atoms with Crippen molar-refractivity contribution in [1.82, 2.24) is 0 Å². The van der Waals surface area contributed by atoms with Crippen LogP contribution in [0.25, 0.3) is 0 Å². The molecule has 1 saturated heterocycles. The van der Waals surface area contributed by atoms with Crippen molar-refractivity contribution in [1.29, 1.82) is 0 Å². The Morgan fingerprint density at radius 3 is 2.03 bits per heavy atom. The molecule has 1 aromatic heterocycles. The van der Waals surface area contributed by atoms with Gasteiger partial charge in [-0.1, -0.05) is 108 Å². The highest BCUT2D eigenvalue weighted by atomic mass is 32.1. The molecule has 0 aromatic carbocycles. The Morgan fingerprint density at radius 2 is 1.41 bits per heavy atom. The van der Waals surface area contributed by atoms with Crippen LogP contribution in [0.2, 0.25) is 0 Å². The molecule has 0 radical (unpaired) electrons. The first-order chi connectivity index (χ1) is 16.9. The number of thiazole rings is 1. The Hall–Kier alpha value is -0.490. The molecule has 1 aromatic rings. The van der Waals surface area contributed by atoms with E-state index in [2.05, 4.69) is 28.6 Å². The molecule has 0 saturated carbocycles. The third kappa shape index (κ3) is 16.2. The van der Waals surface area contributed by atoms with Gasteiger partial charge in [-0.25, -0.2) is 0 Å². The van der Waals surface area contributed by atoms with E-state index in [1.807, 2.05) is 0 Å². The van der Waals surface area contributed by atoms with Gasteiger partial charge in [0.1, 0.15) is 12.6 Å². The Kier molecular flexibility index (Phi) is 19.0. The van der Waals surface area contributed by atoms with E-state index in [-0.39, 0.29) is 12.4 Å². The molecule has 1 aliphatic rings. The molecule has 4 nitrogen and oxygen atoms in total. The number of nitrogens with zero attached hydrogens (tertiary/aromatic N) is 1. The molecule has 0 amide bonds. The maximum atomic E-state index is 6.01. The fourth-order valence-electron chi connectivity index (χ4n) is 4.71. The summed E-state index contributed by atoms with van der Waals surface area (Å²) in [6.45, 7) is 5.61. The molecule has 2 atom stereocenters. The van der Waals surface area contributed by atoms with Crippen molar-refractivity contribution < 1.29 is 18.8 Å². The van der Waals surface area contributed by atoms with Gasteiger partial charge in [-0.3, -0.25) is 0 Å². The lowest BCUT2D eigenvalue weighted by molar-refractivity contribution is -0.692. The van der Waals surface area contributed by atoms with Gasteiger partial charge in [-0.05, 0) is 25.7 Å². The molecule has 0 bridgehead atoms. The van der Waals surface area contributed by atoms with Crippen molar-refractivity contribution in [2.24, 2.45) is 0 Å². The number of hydrogen-bond acceptors (Lipinski definition) is 4. The summed E-state index contributed by atoms with van der Waals surface area (Å²) in [5.74, 6) is 0. The molecule has 2 rings (SSSR count). The second-order valence-corrected chi connectivity index (χ2v) is 10.9. The van der Waals surface area contributed by atoms with E-state index >= 15 is 0 Å². The molecular formula is C29H54NO3S+. The predicted octanol–water partition coefficient (Wildman–Crippen LogP) is 8.23. The zero-order valence-electron chi connectivity index (χ0n) is 22.2. The third-order valence-corrected chi connectivity index (χ3v) is 7.56. The largest absolute Gasteiger partial charge is 0.379 e. The van der Waals surface area contributed by atoms with Crippen LogP contribution in [0.3, 0.4) is 0 Å². The van der Waals surface area contributed by atoms with E-state index in [0.29, 0.717) is 13.2 Å². The number of aromatic nitrogens is 1. The van der Waals surface area contributed by atoms with E-state index in [4.69, 9.17) is 14.2 Å². The van der Waals surface area contributed by atoms with Gasteiger partial charge < -0.3 is 14.2 Å². The van der Waals surface area contributed by atoms with Crippen molar-refractivity contribution in [3.8, 4) is 0 Å². The lowest BCUT2D eigenvalue weighted by Crippen LogP contribution is -2.29. The first kappa shape index (κ1) is 29.7. The van der Waals surface area contributed by atoms with Crippen LogP contribution in [-0.2, 0) is 20.8 Å². The highest BCUT2D eigenvalue weighted by molar-refractivity contribution is 7.07. The summed E-state index contributed by atoms with van der Waals surface area (Å²) in [7, 11) is 0. The highest BCUT2D eigenvalue weighted by Crippen LogP contribution is 2.19. The topological polar surface area (TPSA) is 31.6 Å². The van der Waals surface area contributed by atoms with E-state index in [0.717, 1.165) is 26.0 Å². The maximum absolute atomic E-state index is 6.01. The number of ether oxygens (including phenoxy) is 3. The fraction of sp³-hybridized carbons (Fsp3) is 0.897. The minimum absolute atomic E-state index is 0.00166. The summed E-state index contributed by atoms with van der Waals surface area (Å²) >= 11 is 1.75. The summed E-state index contributed by atoms with van der Waals surface area (Å²) < 4.78 is 19.9. The minimum atomic E-state index is -0.00166. The van der Waals surface area contributed by atoms with E-state index in [9.17, 15) is 0 Å². The van der Waals surface area contributed by atoms with Gasteiger partial charge in [0.2, 0.25) is 5.51 Å². The van der Waals surface area contributed by atoms with Crippen molar-refractivity contribution in [3.05, 3.63) is 17.1 Å². The summed E-state index contributed by atoms with van der Waals surface area (Å²) in [4.78, 5) is 0. The lowest BCUT2D eigenvalue weighted by Gasteiger charge is -2.12. The normalized spacial score (nSPS) is 18.1. The van der Waals surface area contributed by atoms with Crippen molar-refractivity contribution in [2.45, 2.75) is 148 Å². The second kappa shape index (κ2) is 21.8. The molecule has 0 unspecified atom stereocenters. The van der Waals surface area contributed by atoms with Gasteiger partial charge in [0, 0.05) is 13.0 Å². The van der Waals surface area contributed by atoms with Gasteiger partial charge in [-0.2, -0.15) is 4.57 Å². The van der Waals surface area contributed by atoms with Crippen molar-refractivity contribution >= 4 is 11.3 Å². The second-order valence-electron chi connectivity index (χ2n) is 10.2. The zero-order chi connectivity index (χ0) is 23.9. The molecule has 5 heteroatoms. The lowest BCUT2D eigenvalue weighted by atomic mass is 10.0. The first-order valence-corrected chi connectivity index (χ1v) is 15.6. The van der Waals surface area contributed by atoms with Crippen LogP contribution >= 0.6 is 11.3 Å². The number of unbranched alkanes of at least 4 members (excludes halogenated alkanes) is 16. The van der Waals surface area contributed by atoms with Crippen LogP contribution < -0.4 is 4.57 Å². The van der Waals surface area contributed by atoms with E-state index < -0.39 is 0 Å². The minimum Gasteiger partial charge on any atom is -0.379 e. The van der Waals surface area contributed by atoms with Crippen molar-refractivity contribution in [2.75, 3.05) is 19.8 Å². The summed E-state index contributed by atoms with van der Waals surface area (Å²) in [5.41, 5.74) is 2.17. The van der Waals surface area contributed by atoms with E-state index in [1.54, 1.807) is 11.3 Å². The van der Waals surface area contributed by atoms with Crippen LogP contribution in [0.5, 0.6) is 0 Å². The molecule has 0 aliphatic carbocycles. The summed E-state index contributed by atoms with van der Waals surface area (Å²) in [6.07, 6.45) is 27.9. The number of hydrogen-bond donors (Lipinski definition) is 0. The van der Waals surface area contributed by atoms with Crippen LogP contribution in [0.1, 0.15) is 129 Å². The first-order valence-electron chi connectivity index (χ1n) is 14.6. The highest BCUT2D eigenvalue weighted by Gasteiger charge is 2.25. The Balaban J connectivity index is 1.26. The quantitative estimate of drug-likeness (QED) is 0.107. The van der Waals surface area contributed by atoms with Gasteiger partial charge in [-0.15, -0.1) is 0 Å². The van der Waals surface area contributed by atoms with Crippen LogP contribution in [0, 0.1) is 0 Å². The van der Waals surface area contributed by atoms with E-state index in [1.165, 1.54) is 109 Å². The molecule has 34 heavy (non-hydrogen) atoms. The Labute approximate surface area is 214 Å². The average molecular weight is 497 g/mol.